The fraction of sp³-hybridized carbons (Fsp3) is 0.381. The highest BCUT2D eigenvalue weighted by molar-refractivity contribution is 5.74. The Morgan fingerprint density at radius 3 is 2.38 bits per heavy atom. The quantitative estimate of drug-likeness (QED) is 0.899. The number of carbonyl (C=O) groups is 1. The van der Waals surface area contributed by atoms with Gasteiger partial charge in [-0.1, -0.05) is 48.5 Å². The van der Waals surface area contributed by atoms with Crippen LogP contribution < -0.4 is 10.2 Å². The number of para-hydroxylation sites is 1. The van der Waals surface area contributed by atoms with E-state index in [1.807, 2.05) is 43.4 Å². The highest BCUT2D eigenvalue weighted by Crippen LogP contribution is 2.21. The van der Waals surface area contributed by atoms with Crippen molar-refractivity contribution in [2.75, 3.05) is 45.2 Å². The molecule has 0 bridgehead atoms. The monoisotopic (exact) mass is 352 g/mol. The normalized spacial score (nSPS) is 14.9. The summed E-state index contributed by atoms with van der Waals surface area (Å²) in [4.78, 5) is 18.9. The van der Waals surface area contributed by atoms with E-state index in [1.54, 1.807) is 4.90 Å². The van der Waals surface area contributed by atoms with Gasteiger partial charge in [-0.25, -0.2) is 4.79 Å². The van der Waals surface area contributed by atoms with Gasteiger partial charge in [-0.15, -0.1) is 0 Å². The molecule has 0 unspecified atom stereocenters. The summed E-state index contributed by atoms with van der Waals surface area (Å²) in [5, 5.41) is 3.06. The number of hydrogen-bond donors (Lipinski definition) is 1. The first-order chi connectivity index (χ1) is 12.6. The highest BCUT2D eigenvalue weighted by Gasteiger charge is 2.17. The van der Waals surface area contributed by atoms with Crippen LogP contribution in [0, 0.1) is 0 Å². The third-order valence-electron chi connectivity index (χ3n) is 4.87. The van der Waals surface area contributed by atoms with Crippen molar-refractivity contribution in [1.29, 1.82) is 0 Å². The molecule has 2 amide bonds. The molecule has 1 fully saturated rings. The van der Waals surface area contributed by atoms with Crippen LogP contribution in [0.25, 0.3) is 0 Å². The van der Waals surface area contributed by atoms with Crippen LogP contribution in [0.15, 0.2) is 54.6 Å². The van der Waals surface area contributed by atoms with Crippen molar-refractivity contribution in [3.05, 3.63) is 65.7 Å². The lowest BCUT2D eigenvalue weighted by Crippen LogP contribution is -2.45. The molecule has 5 heteroatoms. The minimum atomic E-state index is -0.0537. The van der Waals surface area contributed by atoms with Gasteiger partial charge < -0.3 is 20.0 Å². The number of rotatable bonds is 5. The van der Waals surface area contributed by atoms with Crippen molar-refractivity contribution in [3.63, 3.8) is 0 Å². The summed E-state index contributed by atoms with van der Waals surface area (Å²) in [5.74, 6) is 0. The van der Waals surface area contributed by atoms with Gasteiger partial charge in [-0.2, -0.15) is 0 Å². The highest BCUT2D eigenvalue weighted by atomic mass is 16.2. The number of benzene rings is 2. The number of hydrogen-bond acceptors (Lipinski definition) is 3. The third-order valence-corrected chi connectivity index (χ3v) is 4.87. The van der Waals surface area contributed by atoms with E-state index in [4.69, 9.17) is 0 Å². The molecule has 5 nitrogen and oxygen atoms in total. The minimum absolute atomic E-state index is 0.0537. The van der Waals surface area contributed by atoms with Gasteiger partial charge in [0, 0.05) is 52.0 Å². The number of piperazine rings is 1. The number of urea groups is 1. The number of carbonyl (C=O) groups excluding carboxylic acids is 1. The summed E-state index contributed by atoms with van der Waals surface area (Å²) < 4.78 is 0. The van der Waals surface area contributed by atoms with Crippen LogP contribution in [0.2, 0.25) is 0 Å². The maximum absolute atomic E-state index is 12.4. The van der Waals surface area contributed by atoms with E-state index in [2.05, 4.69) is 40.4 Å². The Bertz CT molecular complexity index is 711. The van der Waals surface area contributed by atoms with Crippen molar-refractivity contribution in [2.24, 2.45) is 0 Å². The van der Waals surface area contributed by atoms with Gasteiger partial charge in [0.2, 0.25) is 0 Å². The van der Waals surface area contributed by atoms with Crippen LogP contribution in [0.4, 0.5) is 10.5 Å². The number of likely N-dealkylation sites (N-methyl/N-ethyl adjacent to an activating group) is 1. The Kier molecular flexibility index (Phi) is 6.12. The largest absolute Gasteiger partial charge is 0.369 e. The molecule has 0 radical (unpaired) electrons. The number of nitrogens with zero attached hydrogens (tertiary/aromatic N) is 3. The summed E-state index contributed by atoms with van der Waals surface area (Å²) in [6.45, 7) is 5.33. The van der Waals surface area contributed by atoms with Crippen molar-refractivity contribution >= 4 is 11.7 Å². The molecule has 1 heterocycles. The summed E-state index contributed by atoms with van der Waals surface area (Å²) in [5.41, 5.74) is 3.52. The Labute approximate surface area is 156 Å². The Hall–Kier alpha value is -2.53. The molecule has 1 aliphatic rings. The lowest BCUT2D eigenvalue weighted by molar-refractivity contribution is 0.206. The van der Waals surface area contributed by atoms with Gasteiger partial charge in [-0.05, 0) is 24.2 Å². The van der Waals surface area contributed by atoms with Crippen LogP contribution in [0.1, 0.15) is 11.1 Å². The molecule has 0 spiro atoms. The van der Waals surface area contributed by atoms with E-state index < -0.39 is 0 Å². The maximum Gasteiger partial charge on any atom is 0.317 e. The summed E-state index contributed by atoms with van der Waals surface area (Å²) >= 11 is 0. The standard InChI is InChI=1S/C21H28N4O/c1-23-12-14-25(15-13-23)20-11-7-6-10-19(20)16-22-21(26)24(2)17-18-8-4-3-5-9-18/h3-11H,12-17H2,1-2H3,(H,22,26). The lowest BCUT2D eigenvalue weighted by Gasteiger charge is -2.35. The average Bonchev–Trinajstić information content (AvgIpc) is 2.68. The second-order valence-electron chi connectivity index (χ2n) is 6.92. The molecule has 0 atom stereocenters. The number of amides is 2. The van der Waals surface area contributed by atoms with Crippen LogP contribution in [0.3, 0.4) is 0 Å². The van der Waals surface area contributed by atoms with Gasteiger partial charge in [0.15, 0.2) is 0 Å². The first kappa shape index (κ1) is 18.3. The zero-order valence-electron chi connectivity index (χ0n) is 15.7. The Morgan fingerprint density at radius 2 is 1.65 bits per heavy atom. The number of nitrogens with one attached hydrogen (secondary N) is 1. The Balaban J connectivity index is 1.58. The molecular formula is C21H28N4O. The van der Waals surface area contributed by atoms with E-state index in [0.29, 0.717) is 13.1 Å². The molecule has 0 aromatic heterocycles. The van der Waals surface area contributed by atoms with Gasteiger partial charge in [-0.3, -0.25) is 0 Å². The molecule has 0 saturated carbocycles. The smallest absolute Gasteiger partial charge is 0.317 e. The van der Waals surface area contributed by atoms with E-state index in [1.165, 1.54) is 11.3 Å². The third kappa shape index (κ3) is 4.76. The van der Waals surface area contributed by atoms with Gasteiger partial charge in [0.05, 0.1) is 0 Å². The molecule has 138 valence electrons. The van der Waals surface area contributed by atoms with Crippen LogP contribution in [0.5, 0.6) is 0 Å². The van der Waals surface area contributed by atoms with Crippen molar-refractivity contribution in [3.8, 4) is 0 Å². The lowest BCUT2D eigenvalue weighted by atomic mass is 10.1. The van der Waals surface area contributed by atoms with Crippen LogP contribution >= 0.6 is 0 Å². The first-order valence-electron chi connectivity index (χ1n) is 9.18. The van der Waals surface area contributed by atoms with Gasteiger partial charge >= 0.3 is 6.03 Å². The van der Waals surface area contributed by atoms with Crippen molar-refractivity contribution in [1.82, 2.24) is 15.1 Å². The van der Waals surface area contributed by atoms with E-state index >= 15 is 0 Å². The van der Waals surface area contributed by atoms with Crippen molar-refractivity contribution < 1.29 is 4.79 Å². The van der Waals surface area contributed by atoms with Gasteiger partial charge in [0.25, 0.3) is 0 Å². The molecule has 1 aliphatic heterocycles. The molecule has 1 saturated heterocycles. The molecule has 3 rings (SSSR count). The fourth-order valence-electron chi connectivity index (χ4n) is 3.25. The summed E-state index contributed by atoms with van der Waals surface area (Å²) in [6.07, 6.45) is 0. The molecular weight excluding hydrogens is 324 g/mol. The van der Waals surface area contributed by atoms with Crippen LogP contribution in [-0.2, 0) is 13.1 Å². The zero-order chi connectivity index (χ0) is 18.4. The molecule has 0 aliphatic carbocycles. The first-order valence-corrected chi connectivity index (χ1v) is 9.18. The predicted molar refractivity (Wildman–Crippen MR) is 106 cm³/mol. The van der Waals surface area contributed by atoms with Gasteiger partial charge in [0.1, 0.15) is 0 Å². The molecule has 1 N–H and O–H groups in total. The zero-order valence-corrected chi connectivity index (χ0v) is 15.7. The SMILES string of the molecule is CN1CCN(c2ccccc2CNC(=O)N(C)Cc2ccccc2)CC1. The molecule has 2 aromatic carbocycles. The topological polar surface area (TPSA) is 38.8 Å². The second-order valence-corrected chi connectivity index (χ2v) is 6.92. The fourth-order valence-corrected chi connectivity index (χ4v) is 3.25. The van der Waals surface area contributed by atoms with E-state index in [9.17, 15) is 4.79 Å². The molecule has 2 aromatic rings. The average molecular weight is 352 g/mol. The van der Waals surface area contributed by atoms with E-state index in [0.717, 1.165) is 31.7 Å². The van der Waals surface area contributed by atoms with Crippen molar-refractivity contribution in [2.45, 2.75) is 13.1 Å². The van der Waals surface area contributed by atoms with E-state index in [-0.39, 0.29) is 6.03 Å². The molecule has 26 heavy (non-hydrogen) atoms. The predicted octanol–water partition coefficient (Wildman–Crippen LogP) is 2.78. The summed E-state index contributed by atoms with van der Waals surface area (Å²) in [6, 6.07) is 18.3. The number of anilines is 1. The van der Waals surface area contributed by atoms with Crippen LogP contribution in [-0.4, -0.2) is 56.1 Å². The minimum Gasteiger partial charge on any atom is -0.369 e. The summed E-state index contributed by atoms with van der Waals surface area (Å²) in [7, 11) is 3.99. The Morgan fingerprint density at radius 1 is 1.00 bits per heavy atom. The second kappa shape index (κ2) is 8.72. The maximum atomic E-state index is 12.4.